The minimum atomic E-state index is -3.27. The molecule has 35 heavy (non-hydrogen) atoms. The molecule has 1 atom stereocenters. The van der Waals surface area contributed by atoms with Crippen molar-refractivity contribution in [3.8, 4) is 0 Å². The molecule has 0 aliphatic carbocycles. The van der Waals surface area contributed by atoms with Crippen molar-refractivity contribution in [3.63, 3.8) is 0 Å². The number of rotatable bonds is 5. The number of carbonyl (C=O) groups is 3. The molecular formula is C25H22N4O5S. The van der Waals surface area contributed by atoms with E-state index in [1.165, 1.54) is 0 Å². The average molecular weight is 491 g/mol. The summed E-state index contributed by atoms with van der Waals surface area (Å²) in [6.07, 6.45) is 0. The fraction of sp³-hybridized carbons (Fsp3) is 0.160. The van der Waals surface area contributed by atoms with Gasteiger partial charge in [0.2, 0.25) is 0 Å². The smallest absolute Gasteiger partial charge is 0.322 e. The second kappa shape index (κ2) is 8.88. The van der Waals surface area contributed by atoms with Gasteiger partial charge in [-0.1, -0.05) is 42.5 Å². The summed E-state index contributed by atoms with van der Waals surface area (Å²) in [5.74, 6) is -0.778. The van der Waals surface area contributed by atoms with Crippen molar-refractivity contribution in [1.29, 1.82) is 0 Å². The van der Waals surface area contributed by atoms with Crippen LogP contribution in [0.15, 0.2) is 77.7 Å². The first kappa shape index (κ1) is 22.6. The lowest BCUT2D eigenvalue weighted by Crippen LogP contribution is -2.34. The van der Waals surface area contributed by atoms with Crippen LogP contribution in [0.1, 0.15) is 27.5 Å². The van der Waals surface area contributed by atoms with Crippen molar-refractivity contribution in [1.82, 2.24) is 10.6 Å². The number of anilines is 2. The number of amides is 4. The summed E-state index contributed by atoms with van der Waals surface area (Å²) in [4.78, 5) is 38.8. The molecule has 3 aromatic rings. The van der Waals surface area contributed by atoms with Crippen molar-refractivity contribution >= 4 is 39.1 Å². The van der Waals surface area contributed by atoms with E-state index in [4.69, 9.17) is 0 Å². The lowest BCUT2D eigenvalue weighted by atomic mass is 10.0. The molecule has 0 bridgehead atoms. The number of hydrogen-bond acceptors (Lipinski definition) is 6. The van der Waals surface area contributed by atoms with Gasteiger partial charge in [-0.15, -0.1) is 0 Å². The van der Waals surface area contributed by atoms with E-state index >= 15 is 0 Å². The zero-order valence-electron chi connectivity index (χ0n) is 18.5. The van der Waals surface area contributed by atoms with Gasteiger partial charge >= 0.3 is 6.03 Å². The number of urea groups is 1. The Hall–Kier alpha value is -4.18. The van der Waals surface area contributed by atoms with Gasteiger partial charge in [0.1, 0.15) is 6.04 Å². The van der Waals surface area contributed by atoms with E-state index in [1.807, 2.05) is 23.1 Å². The molecule has 1 saturated heterocycles. The molecule has 0 spiro atoms. The van der Waals surface area contributed by atoms with E-state index in [0.717, 1.165) is 5.56 Å². The number of sulfone groups is 1. The fourth-order valence-electron chi connectivity index (χ4n) is 4.28. The molecule has 1 fully saturated rings. The molecule has 3 aromatic carbocycles. The number of nitrogens with one attached hydrogen (secondary N) is 3. The van der Waals surface area contributed by atoms with Crippen LogP contribution in [0.5, 0.6) is 0 Å². The highest BCUT2D eigenvalue weighted by Crippen LogP contribution is 2.31. The predicted molar refractivity (Wildman–Crippen MR) is 130 cm³/mol. The summed E-state index contributed by atoms with van der Waals surface area (Å²) in [5, 5.41) is 7.54. The molecular weight excluding hydrogens is 468 g/mol. The third-order valence-corrected chi connectivity index (χ3v) is 7.79. The van der Waals surface area contributed by atoms with E-state index in [9.17, 15) is 22.8 Å². The second-order valence-corrected chi connectivity index (χ2v) is 10.4. The van der Waals surface area contributed by atoms with Gasteiger partial charge in [-0.2, -0.15) is 0 Å². The quantitative estimate of drug-likeness (QED) is 0.472. The topological polar surface area (TPSA) is 125 Å². The maximum Gasteiger partial charge on any atom is 0.322 e. The zero-order valence-corrected chi connectivity index (χ0v) is 19.3. The lowest BCUT2D eigenvalue weighted by molar-refractivity contribution is -0.120. The Bertz CT molecular complexity index is 1440. The Morgan fingerprint density at radius 2 is 1.69 bits per heavy atom. The fourth-order valence-corrected chi connectivity index (χ4v) is 5.76. The predicted octanol–water partition coefficient (Wildman–Crippen LogP) is 2.61. The first-order chi connectivity index (χ1) is 16.8. The molecule has 4 amide bonds. The molecule has 10 heteroatoms. The van der Waals surface area contributed by atoms with Gasteiger partial charge in [-0.25, -0.2) is 13.2 Å². The second-order valence-electron chi connectivity index (χ2n) is 8.34. The molecule has 9 nitrogen and oxygen atoms in total. The molecule has 2 heterocycles. The van der Waals surface area contributed by atoms with Crippen LogP contribution in [-0.4, -0.2) is 38.6 Å². The van der Waals surface area contributed by atoms with Crippen LogP contribution in [0.25, 0.3) is 0 Å². The number of nitrogens with zero attached hydrogens (tertiary/aromatic N) is 1. The number of imide groups is 1. The molecule has 0 radical (unpaired) electrons. The molecule has 0 aromatic heterocycles. The SMILES string of the molecule is O=C1NC(=O)C(c2ccccc2NC(=O)c2ccc(CN3CCS(=O)(=O)c4ccccc43)cc2)N1. The van der Waals surface area contributed by atoms with E-state index in [1.54, 1.807) is 54.6 Å². The van der Waals surface area contributed by atoms with Gasteiger partial charge in [0.25, 0.3) is 11.8 Å². The zero-order chi connectivity index (χ0) is 24.6. The van der Waals surface area contributed by atoms with Crippen molar-refractivity contribution < 1.29 is 22.8 Å². The Labute approximate surface area is 202 Å². The highest BCUT2D eigenvalue weighted by molar-refractivity contribution is 7.91. The lowest BCUT2D eigenvalue weighted by Gasteiger charge is -2.31. The Morgan fingerprint density at radius 1 is 0.971 bits per heavy atom. The van der Waals surface area contributed by atoms with Crippen LogP contribution in [0.3, 0.4) is 0 Å². The molecule has 1 unspecified atom stereocenters. The van der Waals surface area contributed by atoms with Gasteiger partial charge < -0.3 is 15.5 Å². The highest BCUT2D eigenvalue weighted by atomic mass is 32.2. The Kier molecular flexibility index (Phi) is 5.73. The van der Waals surface area contributed by atoms with E-state index < -0.39 is 27.8 Å². The van der Waals surface area contributed by atoms with Gasteiger partial charge in [0.05, 0.1) is 16.3 Å². The number of carbonyl (C=O) groups excluding carboxylic acids is 3. The summed E-state index contributed by atoms with van der Waals surface area (Å²) in [5.41, 5.74) is 2.95. The van der Waals surface area contributed by atoms with Gasteiger partial charge in [0.15, 0.2) is 9.84 Å². The summed E-state index contributed by atoms with van der Waals surface area (Å²) in [6, 6.07) is 19.4. The number of benzene rings is 3. The van der Waals surface area contributed by atoms with E-state index in [-0.39, 0.29) is 11.7 Å². The van der Waals surface area contributed by atoms with Gasteiger partial charge in [-0.3, -0.25) is 14.9 Å². The van der Waals surface area contributed by atoms with E-state index in [2.05, 4.69) is 16.0 Å². The van der Waals surface area contributed by atoms with Gasteiger partial charge in [0, 0.05) is 29.9 Å². The summed E-state index contributed by atoms with van der Waals surface area (Å²) in [6.45, 7) is 0.900. The molecule has 0 saturated carbocycles. The third-order valence-electron chi connectivity index (χ3n) is 6.05. The van der Waals surface area contributed by atoms with Crippen LogP contribution in [-0.2, 0) is 21.2 Å². The molecule has 5 rings (SSSR count). The Balaban J connectivity index is 1.30. The maximum atomic E-state index is 12.9. The number of fused-ring (bicyclic) bond motifs is 1. The molecule has 178 valence electrons. The number of para-hydroxylation sites is 2. The van der Waals surface area contributed by atoms with Crippen molar-refractivity contribution in [2.75, 3.05) is 22.5 Å². The summed E-state index contributed by atoms with van der Waals surface area (Å²) in [7, 11) is -3.27. The summed E-state index contributed by atoms with van der Waals surface area (Å²) < 4.78 is 24.7. The normalized spacial score (nSPS) is 18.4. The van der Waals surface area contributed by atoms with Gasteiger partial charge in [-0.05, 0) is 35.9 Å². The summed E-state index contributed by atoms with van der Waals surface area (Å²) >= 11 is 0. The van der Waals surface area contributed by atoms with Crippen LogP contribution in [0, 0.1) is 0 Å². The van der Waals surface area contributed by atoms with E-state index in [0.29, 0.717) is 40.5 Å². The third kappa shape index (κ3) is 4.47. The first-order valence-electron chi connectivity index (χ1n) is 11.0. The first-order valence-corrected chi connectivity index (χ1v) is 12.6. The van der Waals surface area contributed by atoms with Crippen molar-refractivity contribution in [3.05, 3.63) is 89.5 Å². The van der Waals surface area contributed by atoms with Crippen LogP contribution < -0.4 is 20.9 Å². The maximum absolute atomic E-state index is 12.9. The van der Waals surface area contributed by atoms with Crippen molar-refractivity contribution in [2.24, 2.45) is 0 Å². The number of hydrogen-bond donors (Lipinski definition) is 3. The van der Waals surface area contributed by atoms with Crippen LogP contribution >= 0.6 is 0 Å². The standard InChI is InChI=1S/C25H22N4O5S/c30-23(26-19-6-2-1-5-18(19)22-24(31)28-25(32)27-22)17-11-9-16(10-12-17)15-29-13-14-35(33,34)21-8-4-3-7-20(21)29/h1-12,22H,13-15H2,(H,26,30)(H2,27,28,31,32). The van der Waals surface area contributed by atoms with Crippen molar-refractivity contribution in [2.45, 2.75) is 17.5 Å². The highest BCUT2D eigenvalue weighted by Gasteiger charge is 2.32. The average Bonchev–Trinajstić information content (AvgIpc) is 3.19. The molecule has 2 aliphatic rings. The van der Waals surface area contributed by atoms with Crippen LogP contribution in [0.4, 0.5) is 16.2 Å². The molecule has 2 aliphatic heterocycles. The molecule has 3 N–H and O–H groups in total. The Morgan fingerprint density at radius 3 is 2.43 bits per heavy atom. The van der Waals surface area contributed by atoms with Crippen LogP contribution in [0.2, 0.25) is 0 Å². The minimum absolute atomic E-state index is 0.0589. The largest absolute Gasteiger partial charge is 0.365 e. The minimum Gasteiger partial charge on any atom is -0.365 e. The monoisotopic (exact) mass is 490 g/mol.